The van der Waals surface area contributed by atoms with Crippen LogP contribution in [-0.2, 0) is 16.4 Å². The molecule has 0 atom stereocenters. The monoisotopic (exact) mass is 442 g/mol. The van der Waals surface area contributed by atoms with Crippen LogP contribution in [0.4, 0.5) is 10.8 Å². The van der Waals surface area contributed by atoms with Crippen LogP contribution in [-0.4, -0.2) is 24.5 Å². The second-order valence-corrected chi connectivity index (χ2v) is 9.12. The van der Waals surface area contributed by atoms with E-state index in [0.29, 0.717) is 16.4 Å². The zero-order valence-electron chi connectivity index (χ0n) is 16.4. The van der Waals surface area contributed by atoms with E-state index in [1.807, 2.05) is 30.3 Å². The molecule has 0 aliphatic rings. The van der Waals surface area contributed by atoms with Crippen molar-refractivity contribution in [1.82, 2.24) is 10.2 Å². The van der Waals surface area contributed by atoms with Gasteiger partial charge in [0, 0.05) is 17.7 Å². The quantitative estimate of drug-likeness (QED) is 0.506. The van der Waals surface area contributed by atoms with Crippen molar-refractivity contribution in [1.29, 1.82) is 0 Å². The number of nitrogens with zero attached hydrogens (tertiary/aromatic N) is 2. The van der Waals surface area contributed by atoms with Gasteiger partial charge in [0.1, 0.15) is 5.01 Å². The number of hydrogen-bond donors (Lipinski definition) is 2. The lowest BCUT2D eigenvalue weighted by atomic mass is 10.2. The van der Waals surface area contributed by atoms with Crippen molar-refractivity contribution in [2.24, 2.45) is 0 Å². The number of nitrogens with one attached hydrogen (secondary N) is 2. The van der Waals surface area contributed by atoms with Gasteiger partial charge in [-0.3, -0.25) is 14.8 Å². The predicted octanol–water partition coefficient (Wildman–Crippen LogP) is 4.55. The minimum absolute atomic E-state index is 0.327. The fourth-order valence-corrected chi connectivity index (χ4v) is 4.17. The second-order valence-electron chi connectivity index (χ2n) is 6.50. The molecule has 1 aromatic heterocycles. The Balaban J connectivity index is 1.59. The van der Waals surface area contributed by atoms with Gasteiger partial charge >= 0.3 is 0 Å². The summed E-state index contributed by atoms with van der Waals surface area (Å²) in [6, 6.07) is 15.3. The Morgan fingerprint density at radius 2 is 1.80 bits per heavy atom. The van der Waals surface area contributed by atoms with Crippen LogP contribution in [0, 0.1) is 0 Å². The Labute approximate surface area is 179 Å². The fraction of sp³-hybridized carbons (Fsp3) is 0.190. The fourth-order valence-electron chi connectivity index (χ4n) is 2.52. The molecule has 0 aliphatic carbocycles. The Morgan fingerprint density at radius 1 is 1.07 bits per heavy atom. The summed E-state index contributed by atoms with van der Waals surface area (Å²) in [5, 5.41) is 13.2. The van der Waals surface area contributed by atoms with E-state index in [1.54, 1.807) is 12.1 Å². The SMILES string of the molecule is CCCCc1nnc(NC(=O)c2ccc(NS(=O)(=O)/C=C/c3ccccc3)cc2)s1. The molecule has 156 valence electrons. The maximum absolute atomic E-state index is 12.4. The van der Waals surface area contributed by atoms with Crippen LogP contribution < -0.4 is 10.0 Å². The van der Waals surface area contributed by atoms with Crippen LogP contribution in [0.3, 0.4) is 0 Å². The van der Waals surface area contributed by atoms with E-state index in [-0.39, 0.29) is 5.91 Å². The maximum atomic E-state index is 12.4. The minimum Gasteiger partial charge on any atom is -0.296 e. The number of hydrogen-bond acceptors (Lipinski definition) is 6. The van der Waals surface area contributed by atoms with Gasteiger partial charge in [-0.2, -0.15) is 0 Å². The van der Waals surface area contributed by atoms with Crippen LogP contribution in [0.15, 0.2) is 60.0 Å². The van der Waals surface area contributed by atoms with Gasteiger partial charge < -0.3 is 0 Å². The van der Waals surface area contributed by atoms with Gasteiger partial charge in [0.25, 0.3) is 15.9 Å². The summed E-state index contributed by atoms with van der Waals surface area (Å²) in [6.07, 6.45) is 4.46. The first-order valence-corrected chi connectivity index (χ1v) is 11.8. The molecule has 1 amide bonds. The van der Waals surface area contributed by atoms with E-state index in [1.165, 1.54) is 29.5 Å². The number of aryl methyl sites for hydroxylation is 1. The molecule has 0 spiro atoms. The van der Waals surface area contributed by atoms with Crippen molar-refractivity contribution >= 4 is 44.2 Å². The Hall–Kier alpha value is -3.04. The number of sulfonamides is 1. The molecule has 0 radical (unpaired) electrons. The molecule has 2 aromatic carbocycles. The topological polar surface area (TPSA) is 101 Å². The van der Waals surface area contributed by atoms with E-state index >= 15 is 0 Å². The lowest BCUT2D eigenvalue weighted by Gasteiger charge is -2.06. The third-order valence-corrected chi connectivity index (χ3v) is 5.99. The lowest BCUT2D eigenvalue weighted by Crippen LogP contribution is -2.12. The first-order valence-electron chi connectivity index (χ1n) is 9.45. The third-order valence-electron chi connectivity index (χ3n) is 4.08. The van der Waals surface area contributed by atoms with Gasteiger partial charge in [-0.25, -0.2) is 8.42 Å². The van der Waals surface area contributed by atoms with Crippen LogP contribution >= 0.6 is 11.3 Å². The van der Waals surface area contributed by atoms with E-state index in [2.05, 4.69) is 27.2 Å². The summed E-state index contributed by atoms with van der Waals surface area (Å²) in [4.78, 5) is 12.4. The Bertz CT molecular complexity index is 1110. The molecule has 9 heteroatoms. The van der Waals surface area contributed by atoms with E-state index < -0.39 is 10.0 Å². The first kappa shape index (κ1) is 21.7. The van der Waals surface area contributed by atoms with Crippen molar-refractivity contribution in [3.05, 3.63) is 76.1 Å². The summed E-state index contributed by atoms with van der Waals surface area (Å²) >= 11 is 1.36. The van der Waals surface area contributed by atoms with Crippen LogP contribution in [0.2, 0.25) is 0 Å². The molecule has 7 nitrogen and oxygen atoms in total. The van der Waals surface area contributed by atoms with Crippen molar-refractivity contribution in [2.45, 2.75) is 26.2 Å². The van der Waals surface area contributed by atoms with Crippen LogP contribution in [0.5, 0.6) is 0 Å². The van der Waals surface area contributed by atoms with Crippen molar-refractivity contribution in [3.8, 4) is 0 Å². The number of benzene rings is 2. The smallest absolute Gasteiger partial charge is 0.257 e. The highest BCUT2D eigenvalue weighted by atomic mass is 32.2. The standard InChI is InChI=1S/C21H22N4O3S2/c1-2-3-9-19-23-24-21(29-19)22-20(26)17-10-12-18(13-11-17)25-30(27,28)15-14-16-7-5-4-6-8-16/h4-8,10-15,25H,2-3,9H2,1H3,(H,22,24,26)/b15-14+. The highest BCUT2D eigenvalue weighted by molar-refractivity contribution is 7.95. The van der Waals surface area contributed by atoms with Crippen molar-refractivity contribution < 1.29 is 13.2 Å². The number of unbranched alkanes of at least 4 members (excludes halogenated alkanes) is 1. The number of carbonyl (C=O) groups is 1. The van der Waals surface area contributed by atoms with Crippen molar-refractivity contribution in [3.63, 3.8) is 0 Å². The summed E-state index contributed by atoms with van der Waals surface area (Å²) in [5.41, 5.74) is 1.54. The number of amides is 1. The van der Waals surface area contributed by atoms with Gasteiger partial charge in [-0.05, 0) is 42.3 Å². The highest BCUT2D eigenvalue weighted by Gasteiger charge is 2.11. The second kappa shape index (κ2) is 10.1. The van der Waals surface area contributed by atoms with Crippen LogP contribution in [0.1, 0.15) is 40.7 Å². The molecule has 0 bridgehead atoms. The molecular formula is C21H22N4O3S2. The molecule has 0 saturated heterocycles. The third kappa shape index (κ3) is 6.50. The zero-order valence-corrected chi connectivity index (χ0v) is 18.0. The molecule has 3 rings (SSSR count). The number of carbonyl (C=O) groups excluding carboxylic acids is 1. The molecule has 0 unspecified atom stereocenters. The van der Waals surface area contributed by atoms with Gasteiger partial charge in [-0.1, -0.05) is 55.0 Å². The molecule has 2 N–H and O–H groups in total. The maximum Gasteiger partial charge on any atom is 0.257 e. The molecule has 0 fully saturated rings. The summed E-state index contributed by atoms with van der Waals surface area (Å²) in [6.45, 7) is 2.10. The van der Waals surface area contributed by atoms with Gasteiger partial charge in [0.2, 0.25) is 5.13 Å². The van der Waals surface area contributed by atoms with E-state index in [0.717, 1.165) is 35.2 Å². The molecule has 0 saturated carbocycles. The molecular weight excluding hydrogens is 420 g/mol. The lowest BCUT2D eigenvalue weighted by molar-refractivity contribution is 0.102. The van der Waals surface area contributed by atoms with Gasteiger partial charge in [0.05, 0.1) is 5.41 Å². The number of aromatic nitrogens is 2. The summed E-state index contributed by atoms with van der Waals surface area (Å²) in [5.74, 6) is -0.327. The van der Waals surface area contributed by atoms with Gasteiger partial charge in [-0.15, -0.1) is 10.2 Å². The number of rotatable bonds is 9. The molecule has 3 aromatic rings. The van der Waals surface area contributed by atoms with Crippen LogP contribution in [0.25, 0.3) is 6.08 Å². The van der Waals surface area contributed by atoms with Gasteiger partial charge in [0.15, 0.2) is 0 Å². The highest BCUT2D eigenvalue weighted by Crippen LogP contribution is 2.19. The molecule has 0 aliphatic heterocycles. The molecule has 30 heavy (non-hydrogen) atoms. The first-order chi connectivity index (χ1) is 14.4. The summed E-state index contributed by atoms with van der Waals surface area (Å²) < 4.78 is 26.9. The minimum atomic E-state index is -3.67. The average molecular weight is 443 g/mol. The predicted molar refractivity (Wildman–Crippen MR) is 121 cm³/mol. The van der Waals surface area contributed by atoms with E-state index in [4.69, 9.17) is 0 Å². The Kier molecular flexibility index (Phi) is 7.31. The Morgan fingerprint density at radius 3 is 2.50 bits per heavy atom. The average Bonchev–Trinajstić information content (AvgIpc) is 3.19. The zero-order chi connectivity index (χ0) is 21.4. The number of anilines is 2. The van der Waals surface area contributed by atoms with Crippen molar-refractivity contribution in [2.75, 3.05) is 10.0 Å². The van der Waals surface area contributed by atoms with E-state index in [9.17, 15) is 13.2 Å². The summed E-state index contributed by atoms with van der Waals surface area (Å²) in [7, 11) is -3.67. The largest absolute Gasteiger partial charge is 0.296 e. The molecule has 1 heterocycles. The normalized spacial score (nSPS) is 11.5.